The average Bonchev–Trinajstić information content (AvgIpc) is 2.72. The molecule has 1 heterocycles. The van der Waals surface area contributed by atoms with Gasteiger partial charge in [0.2, 0.25) is 5.91 Å². The zero-order chi connectivity index (χ0) is 19.8. The normalized spacial score (nSPS) is 14.7. The molecule has 2 aromatic carbocycles. The number of anilines is 1. The fourth-order valence-corrected chi connectivity index (χ4v) is 3.41. The van der Waals surface area contributed by atoms with Crippen molar-refractivity contribution in [3.63, 3.8) is 0 Å². The van der Waals surface area contributed by atoms with Crippen LogP contribution in [0.4, 0.5) is 5.69 Å². The number of amides is 1. The Morgan fingerprint density at radius 1 is 1.07 bits per heavy atom. The van der Waals surface area contributed by atoms with E-state index < -0.39 is 0 Å². The fraction of sp³-hybridized carbons (Fsp3) is 0.435. The lowest BCUT2D eigenvalue weighted by atomic mass is 10.2. The third-order valence-electron chi connectivity index (χ3n) is 4.97. The van der Waals surface area contributed by atoms with Gasteiger partial charge in [-0.2, -0.15) is 0 Å². The molecule has 1 N–H and O–H groups in total. The quantitative estimate of drug-likeness (QED) is 0.763. The van der Waals surface area contributed by atoms with Crippen molar-refractivity contribution in [1.29, 1.82) is 0 Å². The summed E-state index contributed by atoms with van der Waals surface area (Å²) in [5.41, 5.74) is 3.61. The van der Waals surface area contributed by atoms with E-state index in [-0.39, 0.29) is 5.91 Å². The van der Waals surface area contributed by atoms with E-state index in [1.165, 1.54) is 11.3 Å². The molecule has 0 saturated carbocycles. The second-order valence-electron chi connectivity index (χ2n) is 7.37. The van der Waals surface area contributed by atoms with E-state index in [0.717, 1.165) is 43.9 Å². The minimum Gasteiger partial charge on any atom is -0.494 e. The summed E-state index contributed by atoms with van der Waals surface area (Å²) in [7, 11) is 0. The second-order valence-corrected chi connectivity index (χ2v) is 7.37. The molecule has 2 aromatic rings. The fourth-order valence-electron chi connectivity index (χ4n) is 3.41. The van der Waals surface area contributed by atoms with E-state index in [0.29, 0.717) is 19.7 Å². The molecule has 0 aliphatic carbocycles. The average molecular weight is 382 g/mol. The molecule has 1 amide bonds. The van der Waals surface area contributed by atoms with Gasteiger partial charge in [-0.05, 0) is 48.7 Å². The lowest BCUT2D eigenvalue weighted by Gasteiger charge is -2.35. The van der Waals surface area contributed by atoms with Gasteiger partial charge in [-0.15, -0.1) is 0 Å². The SMILES string of the molecule is CCCOc1cccc(CNC(=O)CN2CCN(c3cccc(C)c3)CC2)c1. The molecule has 28 heavy (non-hydrogen) atoms. The molecule has 5 nitrogen and oxygen atoms in total. The molecule has 1 fully saturated rings. The number of piperazine rings is 1. The third kappa shape index (κ3) is 5.99. The van der Waals surface area contributed by atoms with Gasteiger partial charge in [0, 0.05) is 38.4 Å². The topological polar surface area (TPSA) is 44.8 Å². The first-order valence-electron chi connectivity index (χ1n) is 10.2. The molecule has 3 rings (SSSR count). The number of ether oxygens (including phenoxy) is 1. The van der Waals surface area contributed by atoms with Gasteiger partial charge < -0.3 is 15.0 Å². The standard InChI is InChI=1S/C23H31N3O2/c1-3-14-28-22-9-5-7-20(16-22)17-24-23(27)18-25-10-12-26(13-11-25)21-8-4-6-19(2)15-21/h4-9,15-16H,3,10-14,17-18H2,1-2H3,(H,24,27). The zero-order valence-corrected chi connectivity index (χ0v) is 17.0. The van der Waals surface area contributed by atoms with Crippen molar-refractivity contribution >= 4 is 11.6 Å². The van der Waals surface area contributed by atoms with Crippen molar-refractivity contribution in [1.82, 2.24) is 10.2 Å². The van der Waals surface area contributed by atoms with Crippen molar-refractivity contribution in [3.8, 4) is 5.75 Å². The smallest absolute Gasteiger partial charge is 0.234 e. The van der Waals surface area contributed by atoms with E-state index in [9.17, 15) is 4.79 Å². The first kappa shape index (κ1) is 20.2. The highest BCUT2D eigenvalue weighted by molar-refractivity contribution is 5.78. The number of aryl methyl sites for hydroxylation is 1. The van der Waals surface area contributed by atoms with E-state index in [2.05, 4.69) is 53.2 Å². The third-order valence-corrected chi connectivity index (χ3v) is 4.97. The van der Waals surface area contributed by atoms with Crippen LogP contribution in [0.5, 0.6) is 5.75 Å². The molecule has 1 saturated heterocycles. The maximum absolute atomic E-state index is 12.3. The van der Waals surface area contributed by atoms with Gasteiger partial charge >= 0.3 is 0 Å². The molecule has 0 radical (unpaired) electrons. The van der Waals surface area contributed by atoms with Gasteiger partial charge in [0.05, 0.1) is 13.2 Å². The van der Waals surface area contributed by atoms with Gasteiger partial charge in [-0.1, -0.05) is 31.2 Å². The maximum Gasteiger partial charge on any atom is 0.234 e. The molecule has 5 heteroatoms. The molecule has 0 aromatic heterocycles. The first-order chi connectivity index (χ1) is 13.6. The molecule has 0 unspecified atom stereocenters. The lowest BCUT2D eigenvalue weighted by Crippen LogP contribution is -2.49. The monoisotopic (exact) mass is 381 g/mol. The minimum atomic E-state index is 0.0730. The summed E-state index contributed by atoms with van der Waals surface area (Å²) in [4.78, 5) is 17.0. The number of carbonyl (C=O) groups is 1. The summed E-state index contributed by atoms with van der Waals surface area (Å²) in [6, 6.07) is 16.5. The van der Waals surface area contributed by atoms with Crippen LogP contribution >= 0.6 is 0 Å². The molecular formula is C23H31N3O2. The predicted octanol–water partition coefficient (Wildman–Crippen LogP) is 3.22. The van der Waals surface area contributed by atoms with Crippen molar-refractivity contribution in [2.24, 2.45) is 0 Å². The number of nitrogens with zero attached hydrogens (tertiary/aromatic N) is 2. The highest BCUT2D eigenvalue weighted by atomic mass is 16.5. The number of nitrogens with one attached hydrogen (secondary N) is 1. The van der Waals surface area contributed by atoms with Crippen LogP contribution in [0.15, 0.2) is 48.5 Å². The Labute approximate surface area is 168 Å². The Kier molecular flexibility index (Phi) is 7.31. The van der Waals surface area contributed by atoms with E-state index >= 15 is 0 Å². The summed E-state index contributed by atoms with van der Waals surface area (Å²) in [5.74, 6) is 0.935. The Hall–Kier alpha value is -2.53. The van der Waals surface area contributed by atoms with Crippen molar-refractivity contribution in [3.05, 3.63) is 59.7 Å². The Balaban J connectivity index is 1.41. The maximum atomic E-state index is 12.3. The van der Waals surface area contributed by atoms with Crippen LogP contribution in [0.25, 0.3) is 0 Å². The van der Waals surface area contributed by atoms with Crippen LogP contribution in [0.2, 0.25) is 0 Å². The van der Waals surface area contributed by atoms with Crippen LogP contribution in [0.3, 0.4) is 0 Å². The Morgan fingerprint density at radius 3 is 2.61 bits per heavy atom. The van der Waals surface area contributed by atoms with Gasteiger partial charge in [0.25, 0.3) is 0 Å². The molecule has 150 valence electrons. The molecular weight excluding hydrogens is 350 g/mol. The van der Waals surface area contributed by atoms with Crippen LogP contribution in [0.1, 0.15) is 24.5 Å². The summed E-state index contributed by atoms with van der Waals surface area (Å²) in [6.45, 7) is 9.62. The number of hydrogen-bond donors (Lipinski definition) is 1. The Morgan fingerprint density at radius 2 is 1.86 bits per heavy atom. The molecule has 0 spiro atoms. The second kappa shape index (κ2) is 10.1. The van der Waals surface area contributed by atoms with Crippen molar-refractivity contribution < 1.29 is 9.53 Å². The Bertz CT molecular complexity index is 770. The molecule has 0 bridgehead atoms. The van der Waals surface area contributed by atoms with Gasteiger partial charge in [0.1, 0.15) is 5.75 Å². The van der Waals surface area contributed by atoms with E-state index in [1.807, 2.05) is 24.3 Å². The van der Waals surface area contributed by atoms with E-state index in [1.54, 1.807) is 0 Å². The van der Waals surface area contributed by atoms with Crippen molar-refractivity contribution in [2.75, 3.05) is 44.2 Å². The summed E-state index contributed by atoms with van der Waals surface area (Å²) in [6.07, 6.45) is 0.984. The van der Waals surface area contributed by atoms with Gasteiger partial charge in [-0.3, -0.25) is 9.69 Å². The van der Waals surface area contributed by atoms with Crippen molar-refractivity contribution in [2.45, 2.75) is 26.8 Å². The minimum absolute atomic E-state index is 0.0730. The number of hydrogen-bond acceptors (Lipinski definition) is 4. The number of benzene rings is 2. The van der Waals surface area contributed by atoms with E-state index in [4.69, 9.17) is 4.74 Å². The van der Waals surface area contributed by atoms with Gasteiger partial charge in [-0.25, -0.2) is 0 Å². The largest absolute Gasteiger partial charge is 0.494 e. The number of carbonyl (C=O) groups excluding carboxylic acids is 1. The zero-order valence-electron chi connectivity index (χ0n) is 17.0. The van der Waals surface area contributed by atoms with Crippen LogP contribution < -0.4 is 15.0 Å². The first-order valence-corrected chi connectivity index (χ1v) is 10.2. The number of rotatable bonds is 8. The van der Waals surface area contributed by atoms with Crippen LogP contribution in [-0.2, 0) is 11.3 Å². The summed E-state index contributed by atoms with van der Waals surface area (Å²) in [5, 5.41) is 3.03. The highest BCUT2D eigenvalue weighted by Gasteiger charge is 2.19. The predicted molar refractivity (Wildman–Crippen MR) is 114 cm³/mol. The highest BCUT2D eigenvalue weighted by Crippen LogP contribution is 2.18. The summed E-state index contributed by atoms with van der Waals surface area (Å²) >= 11 is 0. The lowest BCUT2D eigenvalue weighted by molar-refractivity contribution is -0.122. The van der Waals surface area contributed by atoms with Gasteiger partial charge in [0.15, 0.2) is 0 Å². The van der Waals surface area contributed by atoms with Crippen LogP contribution in [0, 0.1) is 6.92 Å². The van der Waals surface area contributed by atoms with Crippen LogP contribution in [-0.4, -0.2) is 50.1 Å². The summed E-state index contributed by atoms with van der Waals surface area (Å²) < 4.78 is 5.65. The molecule has 0 atom stereocenters. The molecule has 1 aliphatic heterocycles. The molecule has 1 aliphatic rings.